The maximum atomic E-state index is 13.1. The number of carboxylic acid groups (broad SMARTS) is 1. The summed E-state index contributed by atoms with van der Waals surface area (Å²) in [5, 5.41) is 9.62. The number of halogens is 2. The van der Waals surface area contributed by atoms with Gasteiger partial charge in [0.25, 0.3) is 5.91 Å². The number of likely N-dealkylation sites (N-methyl/N-ethyl adjacent to an activating group) is 1. The first kappa shape index (κ1) is 25.5. The van der Waals surface area contributed by atoms with E-state index in [4.69, 9.17) is 9.47 Å². The molecule has 36 heavy (non-hydrogen) atoms. The molecule has 1 fully saturated rings. The highest BCUT2D eigenvalue weighted by atomic mass is 79.9. The second-order valence-corrected chi connectivity index (χ2v) is 9.54. The number of carbonyl (C=O) groups is 2. The highest BCUT2D eigenvalue weighted by Crippen LogP contribution is 2.39. The number of nitrogens with zero attached hydrogens (tertiary/aromatic N) is 2. The minimum atomic E-state index is -1.05. The second-order valence-electron chi connectivity index (χ2n) is 7.67. The van der Waals surface area contributed by atoms with Crippen LogP contribution < -0.4 is 9.47 Å². The minimum Gasteiger partial charge on any atom is -0.493 e. The summed E-state index contributed by atoms with van der Waals surface area (Å²) < 4.78 is 25.2. The first-order chi connectivity index (χ1) is 17.2. The summed E-state index contributed by atoms with van der Waals surface area (Å²) in [5.74, 6) is -0.666. The zero-order valence-electron chi connectivity index (χ0n) is 19.2. The van der Waals surface area contributed by atoms with Crippen molar-refractivity contribution in [3.05, 3.63) is 92.5 Å². The number of aromatic carboxylic acids is 1. The number of thioether (sulfide) groups is 1. The van der Waals surface area contributed by atoms with E-state index in [1.165, 1.54) is 48.0 Å². The number of amidine groups is 1. The number of hydrogen-bond donors (Lipinski definition) is 1. The Kier molecular flexibility index (Phi) is 7.76. The van der Waals surface area contributed by atoms with Crippen LogP contribution in [0.25, 0.3) is 6.08 Å². The van der Waals surface area contributed by atoms with Crippen LogP contribution in [-0.2, 0) is 11.4 Å². The number of rotatable bonds is 7. The molecule has 7 nitrogen and oxygen atoms in total. The van der Waals surface area contributed by atoms with Crippen molar-refractivity contribution in [3.8, 4) is 11.5 Å². The van der Waals surface area contributed by atoms with Gasteiger partial charge in [0.1, 0.15) is 12.4 Å². The van der Waals surface area contributed by atoms with Crippen LogP contribution in [0.3, 0.4) is 0 Å². The molecule has 10 heteroatoms. The van der Waals surface area contributed by atoms with Crippen molar-refractivity contribution in [3.63, 3.8) is 0 Å². The number of carboxylic acids is 1. The molecule has 1 aliphatic heterocycles. The molecule has 0 radical (unpaired) electrons. The van der Waals surface area contributed by atoms with E-state index in [2.05, 4.69) is 20.9 Å². The molecule has 3 aromatic rings. The van der Waals surface area contributed by atoms with E-state index in [-0.39, 0.29) is 23.9 Å². The molecule has 3 aromatic carbocycles. The lowest BCUT2D eigenvalue weighted by molar-refractivity contribution is -0.121. The predicted octanol–water partition coefficient (Wildman–Crippen LogP) is 6.11. The number of methoxy groups -OCH3 is 1. The van der Waals surface area contributed by atoms with E-state index < -0.39 is 5.97 Å². The third-order valence-corrected chi connectivity index (χ3v) is 6.82. The number of ether oxygens (including phenoxy) is 2. The van der Waals surface area contributed by atoms with Crippen LogP contribution in [-0.4, -0.2) is 41.2 Å². The van der Waals surface area contributed by atoms with Gasteiger partial charge in [-0.2, -0.15) is 0 Å². The molecule has 0 unspecified atom stereocenters. The van der Waals surface area contributed by atoms with Crippen molar-refractivity contribution >= 4 is 56.5 Å². The molecular weight excluding hydrogens is 551 g/mol. The van der Waals surface area contributed by atoms with Gasteiger partial charge in [-0.05, 0) is 87.4 Å². The summed E-state index contributed by atoms with van der Waals surface area (Å²) in [5.41, 5.74) is 2.05. The molecule has 1 amide bonds. The third kappa shape index (κ3) is 5.77. The Morgan fingerprint density at radius 2 is 1.94 bits per heavy atom. The van der Waals surface area contributed by atoms with Gasteiger partial charge in [0.15, 0.2) is 16.7 Å². The van der Waals surface area contributed by atoms with Crippen molar-refractivity contribution in [1.82, 2.24) is 4.90 Å². The highest BCUT2D eigenvalue weighted by molar-refractivity contribution is 9.10. The molecule has 0 aliphatic carbocycles. The molecule has 0 saturated carbocycles. The van der Waals surface area contributed by atoms with Gasteiger partial charge in [0.2, 0.25) is 0 Å². The molecule has 1 heterocycles. The summed E-state index contributed by atoms with van der Waals surface area (Å²) in [4.78, 5) is 30.4. The maximum Gasteiger partial charge on any atom is 0.335 e. The predicted molar refractivity (Wildman–Crippen MR) is 140 cm³/mol. The lowest BCUT2D eigenvalue weighted by Crippen LogP contribution is -2.23. The van der Waals surface area contributed by atoms with E-state index in [1.807, 2.05) is 0 Å². The van der Waals surface area contributed by atoms with Crippen LogP contribution in [0, 0.1) is 5.82 Å². The molecule has 0 atom stereocenters. The van der Waals surface area contributed by atoms with Gasteiger partial charge in [0, 0.05) is 7.05 Å². The van der Waals surface area contributed by atoms with Crippen LogP contribution in [0.2, 0.25) is 0 Å². The van der Waals surface area contributed by atoms with Crippen LogP contribution in [0.4, 0.5) is 10.1 Å². The number of amides is 1. The molecule has 1 aliphatic rings. The summed E-state index contributed by atoms with van der Waals surface area (Å²) in [6.45, 7) is 0.220. The Labute approximate surface area is 219 Å². The number of carbonyl (C=O) groups excluding carboxylic acids is 1. The molecule has 0 aromatic heterocycles. The molecular formula is C26H20BrFN2O5S. The monoisotopic (exact) mass is 570 g/mol. The Morgan fingerprint density at radius 3 is 2.64 bits per heavy atom. The molecule has 1 saturated heterocycles. The number of hydrogen-bond acceptors (Lipinski definition) is 6. The lowest BCUT2D eigenvalue weighted by Gasteiger charge is -2.14. The SMILES string of the molecule is COc1cc(C=C2SC(=Nc3cccc(C(=O)O)c3)N(C)C2=O)cc(Br)c1OCc1ccc(F)cc1. The Bertz CT molecular complexity index is 1390. The van der Waals surface area contributed by atoms with E-state index in [0.717, 1.165) is 5.56 Å². The molecule has 184 valence electrons. The van der Waals surface area contributed by atoms with Crippen LogP contribution in [0.5, 0.6) is 11.5 Å². The van der Waals surface area contributed by atoms with Gasteiger partial charge in [-0.3, -0.25) is 9.69 Å². The molecule has 4 rings (SSSR count). The standard InChI is InChI=1S/C26H20BrFN2O5S/c1-30-24(31)22(36-26(30)29-19-5-3-4-17(13-19)25(32)33)12-16-10-20(27)23(21(11-16)34-2)35-14-15-6-8-18(28)9-7-15/h3-13H,14H2,1-2H3,(H,32,33). The average Bonchev–Trinajstić information content (AvgIpc) is 3.11. The van der Waals surface area contributed by atoms with Gasteiger partial charge in [-0.1, -0.05) is 18.2 Å². The van der Waals surface area contributed by atoms with Gasteiger partial charge in [-0.25, -0.2) is 14.2 Å². The highest BCUT2D eigenvalue weighted by Gasteiger charge is 2.30. The molecule has 0 bridgehead atoms. The lowest BCUT2D eigenvalue weighted by atomic mass is 10.1. The smallest absolute Gasteiger partial charge is 0.335 e. The summed E-state index contributed by atoms with van der Waals surface area (Å²) in [6.07, 6.45) is 1.72. The van der Waals surface area contributed by atoms with Gasteiger partial charge in [0.05, 0.1) is 27.7 Å². The normalized spacial score (nSPS) is 15.6. The van der Waals surface area contributed by atoms with Crippen molar-refractivity contribution in [2.45, 2.75) is 6.61 Å². The minimum absolute atomic E-state index is 0.114. The van der Waals surface area contributed by atoms with Crippen molar-refractivity contribution in [1.29, 1.82) is 0 Å². The van der Waals surface area contributed by atoms with E-state index in [0.29, 0.717) is 37.3 Å². The van der Waals surface area contributed by atoms with Crippen molar-refractivity contribution in [2.75, 3.05) is 14.2 Å². The summed E-state index contributed by atoms with van der Waals surface area (Å²) in [6, 6.07) is 15.8. The van der Waals surface area contributed by atoms with Gasteiger partial charge in [-0.15, -0.1) is 0 Å². The van der Waals surface area contributed by atoms with Crippen molar-refractivity contribution < 1.29 is 28.6 Å². The first-order valence-corrected chi connectivity index (χ1v) is 12.2. The van der Waals surface area contributed by atoms with E-state index in [1.54, 1.807) is 49.5 Å². The third-order valence-electron chi connectivity index (χ3n) is 5.17. The van der Waals surface area contributed by atoms with Crippen LogP contribution in [0.1, 0.15) is 21.5 Å². The second kappa shape index (κ2) is 11.0. The zero-order valence-corrected chi connectivity index (χ0v) is 21.6. The van der Waals surface area contributed by atoms with Crippen LogP contribution >= 0.6 is 27.7 Å². The quantitative estimate of drug-likeness (QED) is 0.345. The fourth-order valence-corrected chi connectivity index (χ4v) is 4.88. The largest absolute Gasteiger partial charge is 0.493 e. The van der Waals surface area contributed by atoms with E-state index in [9.17, 15) is 19.1 Å². The van der Waals surface area contributed by atoms with Gasteiger partial charge < -0.3 is 14.6 Å². The number of aliphatic imine (C=N–C) groups is 1. The maximum absolute atomic E-state index is 13.1. The Hall–Kier alpha value is -3.63. The van der Waals surface area contributed by atoms with Gasteiger partial charge >= 0.3 is 5.97 Å². The first-order valence-electron chi connectivity index (χ1n) is 10.6. The Balaban J connectivity index is 1.57. The molecule has 1 N–H and O–H groups in total. The summed E-state index contributed by atoms with van der Waals surface area (Å²) >= 11 is 4.69. The fourth-order valence-electron chi connectivity index (χ4n) is 3.32. The zero-order chi connectivity index (χ0) is 25.8. The van der Waals surface area contributed by atoms with Crippen LogP contribution in [0.15, 0.2) is 75.0 Å². The number of benzene rings is 3. The van der Waals surface area contributed by atoms with Crippen molar-refractivity contribution in [2.24, 2.45) is 4.99 Å². The summed E-state index contributed by atoms with van der Waals surface area (Å²) in [7, 11) is 3.13. The fraction of sp³-hybridized carbons (Fsp3) is 0.115. The topological polar surface area (TPSA) is 88.4 Å². The van der Waals surface area contributed by atoms with E-state index >= 15 is 0 Å². The Morgan fingerprint density at radius 1 is 1.19 bits per heavy atom. The average molecular weight is 571 g/mol. The molecule has 0 spiro atoms.